The Balaban J connectivity index is 2.20. The molecule has 1 aromatic carbocycles. The van der Waals surface area contributed by atoms with Crippen LogP contribution in [-0.4, -0.2) is 18.1 Å². The summed E-state index contributed by atoms with van der Waals surface area (Å²) in [6, 6.07) is 9.17. The van der Waals surface area contributed by atoms with Crippen LogP contribution in [0.3, 0.4) is 0 Å². The normalized spacial score (nSPS) is 10.3. The molecule has 0 amide bonds. The Bertz CT molecular complexity index is 554. The predicted octanol–water partition coefficient (Wildman–Crippen LogP) is 3.85. The number of thiophene rings is 1. The number of carboxylic acids is 1. The molecule has 3 nitrogen and oxygen atoms in total. The van der Waals surface area contributed by atoms with Gasteiger partial charge in [0.2, 0.25) is 0 Å². The van der Waals surface area contributed by atoms with Crippen LogP contribution in [-0.2, 0) is 6.54 Å². The predicted molar refractivity (Wildman–Crippen MR) is 77.5 cm³/mol. The molecule has 1 heterocycles. The molecule has 0 aliphatic carbocycles. The van der Waals surface area contributed by atoms with E-state index < -0.39 is 5.97 Å². The summed E-state index contributed by atoms with van der Waals surface area (Å²) < 4.78 is 0.793. The minimum Gasteiger partial charge on any atom is -0.478 e. The highest BCUT2D eigenvalue weighted by atomic mass is 79.9. The summed E-state index contributed by atoms with van der Waals surface area (Å²) in [5, 5.41) is 11.0. The molecule has 2 rings (SSSR count). The van der Waals surface area contributed by atoms with Crippen molar-refractivity contribution in [1.29, 1.82) is 0 Å². The first-order valence-corrected chi connectivity index (χ1v) is 7.01. The molecule has 0 spiro atoms. The topological polar surface area (TPSA) is 40.5 Å². The first-order valence-electron chi connectivity index (χ1n) is 5.34. The molecule has 0 radical (unpaired) electrons. The second-order valence-corrected chi connectivity index (χ2v) is 5.79. The molecule has 0 bridgehead atoms. The van der Waals surface area contributed by atoms with Gasteiger partial charge < -0.3 is 10.0 Å². The van der Waals surface area contributed by atoms with Gasteiger partial charge in [-0.05, 0) is 45.6 Å². The third-order valence-electron chi connectivity index (χ3n) is 2.58. The third kappa shape index (κ3) is 2.91. The van der Waals surface area contributed by atoms with E-state index in [4.69, 9.17) is 5.11 Å². The number of benzene rings is 1. The molecule has 0 aliphatic heterocycles. The molecule has 94 valence electrons. The zero-order valence-electron chi connectivity index (χ0n) is 9.76. The molecule has 1 N–H and O–H groups in total. The number of nitrogens with zero attached hydrogens (tertiary/aromatic N) is 1. The number of hydrogen-bond donors (Lipinski definition) is 1. The van der Waals surface area contributed by atoms with Gasteiger partial charge >= 0.3 is 5.97 Å². The highest BCUT2D eigenvalue weighted by Gasteiger charge is 2.10. The van der Waals surface area contributed by atoms with Crippen LogP contribution in [0.1, 0.15) is 15.2 Å². The minimum absolute atomic E-state index is 0.287. The maximum Gasteiger partial charge on any atom is 0.335 e. The Kier molecular flexibility index (Phi) is 4.04. The Morgan fingerprint density at radius 2 is 2.22 bits per heavy atom. The van der Waals surface area contributed by atoms with Gasteiger partial charge in [-0.1, -0.05) is 6.07 Å². The van der Waals surface area contributed by atoms with Crippen molar-refractivity contribution >= 4 is 38.9 Å². The van der Waals surface area contributed by atoms with Crippen LogP contribution in [0.25, 0.3) is 0 Å². The van der Waals surface area contributed by atoms with Gasteiger partial charge in [-0.3, -0.25) is 0 Å². The number of hydrogen-bond acceptors (Lipinski definition) is 3. The van der Waals surface area contributed by atoms with E-state index in [-0.39, 0.29) is 5.56 Å². The highest BCUT2D eigenvalue weighted by molar-refractivity contribution is 9.10. The molecule has 0 atom stereocenters. The maximum atomic E-state index is 10.9. The molecule has 0 fully saturated rings. The number of carbonyl (C=O) groups is 1. The first kappa shape index (κ1) is 13.1. The number of rotatable bonds is 4. The molecule has 1 aromatic heterocycles. The van der Waals surface area contributed by atoms with E-state index in [1.54, 1.807) is 23.5 Å². The lowest BCUT2D eigenvalue weighted by molar-refractivity contribution is 0.0697. The van der Waals surface area contributed by atoms with Crippen molar-refractivity contribution in [1.82, 2.24) is 0 Å². The standard InChI is InChI=1S/C13H12BrNO2S/c1-15(8-10-3-2-6-18-10)12-5-4-9(13(16)17)7-11(12)14/h2-7H,8H2,1H3,(H,16,17). The van der Waals surface area contributed by atoms with Crippen molar-refractivity contribution in [2.45, 2.75) is 6.54 Å². The fraction of sp³-hybridized carbons (Fsp3) is 0.154. The van der Waals surface area contributed by atoms with Crippen LogP contribution in [0, 0.1) is 0 Å². The van der Waals surface area contributed by atoms with E-state index in [2.05, 4.69) is 26.9 Å². The van der Waals surface area contributed by atoms with Gasteiger partial charge in [-0.25, -0.2) is 4.79 Å². The lowest BCUT2D eigenvalue weighted by atomic mass is 10.2. The van der Waals surface area contributed by atoms with Gasteiger partial charge in [-0.15, -0.1) is 11.3 Å². The summed E-state index contributed by atoms with van der Waals surface area (Å²) in [5.41, 5.74) is 1.27. The number of halogens is 1. The molecule has 18 heavy (non-hydrogen) atoms. The Hall–Kier alpha value is -1.33. The smallest absolute Gasteiger partial charge is 0.335 e. The molecule has 2 aromatic rings. The van der Waals surface area contributed by atoms with Gasteiger partial charge in [0.15, 0.2) is 0 Å². The van der Waals surface area contributed by atoms with Crippen LogP contribution in [0.2, 0.25) is 0 Å². The molecule has 0 saturated carbocycles. The largest absolute Gasteiger partial charge is 0.478 e. The lowest BCUT2D eigenvalue weighted by Crippen LogP contribution is -2.16. The zero-order valence-corrected chi connectivity index (χ0v) is 12.2. The molecule has 0 aliphatic rings. The lowest BCUT2D eigenvalue weighted by Gasteiger charge is -2.20. The third-order valence-corrected chi connectivity index (χ3v) is 4.08. The first-order chi connectivity index (χ1) is 8.58. The zero-order chi connectivity index (χ0) is 13.1. The van der Waals surface area contributed by atoms with Gasteiger partial charge in [0.05, 0.1) is 17.8 Å². The second kappa shape index (κ2) is 5.54. The van der Waals surface area contributed by atoms with Gasteiger partial charge in [0.1, 0.15) is 0 Å². The van der Waals surface area contributed by atoms with E-state index in [0.717, 1.165) is 16.7 Å². The van der Waals surface area contributed by atoms with Crippen molar-refractivity contribution in [2.24, 2.45) is 0 Å². The molecular weight excluding hydrogens is 314 g/mol. The molecular formula is C13H12BrNO2S. The summed E-state index contributed by atoms with van der Waals surface area (Å²) >= 11 is 5.13. The van der Waals surface area contributed by atoms with E-state index in [1.165, 1.54) is 4.88 Å². The number of aromatic carboxylic acids is 1. The van der Waals surface area contributed by atoms with Crippen LogP contribution in [0.4, 0.5) is 5.69 Å². The second-order valence-electron chi connectivity index (χ2n) is 3.91. The van der Waals surface area contributed by atoms with Crippen LogP contribution < -0.4 is 4.90 Å². The van der Waals surface area contributed by atoms with Crippen molar-refractivity contribution < 1.29 is 9.90 Å². The van der Waals surface area contributed by atoms with Gasteiger partial charge in [-0.2, -0.15) is 0 Å². The fourth-order valence-corrected chi connectivity index (χ4v) is 3.11. The summed E-state index contributed by atoms with van der Waals surface area (Å²) in [4.78, 5) is 14.2. The number of carboxylic acid groups (broad SMARTS) is 1. The Morgan fingerprint density at radius 3 is 2.78 bits per heavy atom. The average molecular weight is 326 g/mol. The SMILES string of the molecule is CN(Cc1cccs1)c1ccc(C(=O)O)cc1Br. The van der Waals surface area contributed by atoms with Gasteiger partial charge in [0.25, 0.3) is 0 Å². The van der Waals surface area contributed by atoms with Crippen molar-refractivity contribution in [3.8, 4) is 0 Å². The fourth-order valence-electron chi connectivity index (χ4n) is 1.67. The number of anilines is 1. The van der Waals surface area contributed by atoms with E-state index >= 15 is 0 Å². The monoisotopic (exact) mass is 325 g/mol. The van der Waals surface area contributed by atoms with Gasteiger partial charge in [0, 0.05) is 16.4 Å². The summed E-state index contributed by atoms with van der Waals surface area (Å²) in [7, 11) is 1.99. The van der Waals surface area contributed by atoms with E-state index in [0.29, 0.717) is 0 Å². The summed E-state index contributed by atoms with van der Waals surface area (Å²) in [6.45, 7) is 0.808. The molecule has 0 unspecified atom stereocenters. The van der Waals surface area contributed by atoms with Crippen molar-refractivity contribution in [3.05, 3.63) is 50.6 Å². The molecule has 0 saturated heterocycles. The summed E-state index contributed by atoms with van der Waals surface area (Å²) in [6.07, 6.45) is 0. The van der Waals surface area contributed by atoms with E-state index in [9.17, 15) is 4.79 Å². The van der Waals surface area contributed by atoms with Crippen LogP contribution in [0.15, 0.2) is 40.2 Å². The maximum absolute atomic E-state index is 10.9. The van der Waals surface area contributed by atoms with Crippen molar-refractivity contribution in [2.75, 3.05) is 11.9 Å². The van der Waals surface area contributed by atoms with Crippen LogP contribution in [0.5, 0.6) is 0 Å². The Morgan fingerprint density at radius 1 is 1.44 bits per heavy atom. The minimum atomic E-state index is -0.914. The quantitative estimate of drug-likeness (QED) is 0.928. The Labute approximate surface area is 118 Å². The molecule has 5 heteroatoms. The highest BCUT2D eigenvalue weighted by Crippen LogP contribution is 2.28. The van der Waals surface area contributed by atoms with Crippen LogP contribution >= 0.6 is 27.3 Å². The van der Waals surface area contributed by atoms with Crippen molar-refractivity contribution in [3.63, 3.8) is 0 Å². The average Bonchev–Trinajstić information content (AvgIpc) is 2.81. The van der Waals surface area contributed by atoms with E-state index in [1.807, 2.05) is 24.6 Å². The summed E-state index contributed by atoms with van der Waals surface area (Å²) in [5.74, 6) is -0.914.